The van der Waals surface area contributed by atoms with E-state index < -0.39 is 49.0 Å². The molecule has 1 heterocycles. The molecule has 13 heteroatoms. The van der Waals surface area contributed by atoms with Crippen LogP contribution in [0.15, 0.2) is 18.2 Å². The van der Waals surface area contributed by atoms with Gasteiger partial charge in [-0.3, -0.25) is 0 Å². The third-order valence-corrected chi connectivity index (χ3v) is 14.9. The molecule has 0 radical (unpaired) electrons. The van der Waals surface area contributed by atoms with E-state index in [-0.39, 0.29) is 18.4 Å². The van der Waals surface area contributed by atoms with Crippen LogP contribution in [0, 0.1) is 0 Å². The molecule has 12 nitrogen and oxygen atoms in total. The lowest BCUT2D eigenvalue weighted by molar-refractivity contribution is -0.302. The number of aliphatic hydroxyl groups excluding tert-OH is 5. The number of hydrogen-bond donors (Lipinski definition) is 7. The van der Waals surface area contributed by atoms with Crippen LogP contribution < -0.4 is 20.1 Å². The highest BCUT2D eigenvalue weighted by Gasteiger charge is 2.45. The standard InChI is InChI=1S/C59H110N2O10S/c1-5-7-9-11-13-15-17-19-20-21-22-23-24-25-26-27-28-29-30-32-34-36-38-40-44-60-50(54(63)51(62)41-39-37-35-33-31-18-16-14-12-10-8-6-2)46-69-58-57(66)56(65)55(64)53(71-58)47-70-59(72)61-49-43-42-48(67-3)45-52(49)68-4/h42-43,45,50-51,53-58,60,62-66H,5-41,44,46-47H2,1-4H3,(H,61,72)/t50-,51+,53+,54-,55-,56-,57+,58+/m0/s1. The molecule has 8 atom stereocenters. The SMILES string of the molecule is CCCCCCCCCCCCCCCCCCCCCCCCCCN[C@@H](CO[C@@H]1O[C@H](COC(=S)Nc2ccc(OC)cc2OC)[C@H](O)[C@H](O)[C@H]1O)[C@H](O)[C@H](O)CCCCCCCCCCCCCC. The molecule has 1 aliphatic heterocycles. The highest BCUT2D eigenvalue weighted by Crippen LogP contribution is 2.30. The molecule has 2 rings (SSSR count). The minimum absolute atomic E-state index is 0.0253. The van der Waals surface area contributed by atoms with Gasteiger partial charge in [-0.15, -0.1) is 0 Å². The van der Waals surface area contributed by atoms with Crippen molar-refractivity contribution in [3.05, 3.63) is 18.2 Å². The molecule has 0 aromatic heterocycles. The summed E-state index contributed by atoms with van der Waals surface area (Å²) in [6, 6.07) is 4.50. The minimum atomic E-state index is -1.59. The Hall–Kier alpha value is -1.81. The molecular formula is C59H110N2O10S. The van der Waals surface area contributed by atoms with Crippen LogP contribution in [-0.2, 0) is 14.2 Å². The molecule has 0 spiro atoms. The molecule has 0 amide bonds. The molecule has 0 saturated carbocycles. The Balaban J connectivity index is 1.73. The fourth-order valence-corrected chi connectivity index (χ4v) is 10.1. The molecule has 72 heavy (non-hydrogen) atoms. The highest BCUT2D eigenvalue weighted by atomic mass is 32.1. The van der Waals surface area contributed by atoms with Crippen LogP contribution in [0.4, 0.5) is 5.69 Å². The van der Waals surface area contributed by atoms with Gasteiger partial charge in [0.15, 0.2) is 6.29 Å². The summed E-state index contributed by atoms with van der Waals surface area (Å²) >= 11 is 5.39. The van der Waals surface area contributed by atoms with Gasteiger partial charge in [-0.25, -0.2) is 0 Å². The van der Waals surface area contributed by atoms with E-state index in [9.17, 15) is 25.5 Å². The Labute approximate surface area is 445 Å². The quantitative estimate of drug-likeness (QED) is 0.0243. The van der Waals surface area contributed by atoms with Gasteiger partial charge in [0, 0.05) is 6.07 Å². The Morgan fingerprint density at radius 3 is 1.43 bits per heavy atom. The summed E-state index contributed by atoms with van der Waals surface area (Å²) in [6.45, 7) is 4.81. The van der Waals surface area contributed by atoms with Crippen LogP contribution >= 0.6 is 12.2 Å². The lowest BCUT2D eigenvalue weighted by Crippen LogP contribution is -2.60. The molecule has 1 saturated heterocycles. The van der Waals surface area contributed by atoms with E-state index in [4.69, 9.17) is 35.9 Å². The topological polar surface area (TPSA) is 171 Å². The second-order valence-corrected chi connectivity index (χ2v) is 21.4. The van der Waals surface area contributed by atoms with Crippen molar-refractivity contribution in [3.8, 4) is 11.5 Å². The Kier molecular flexibility index (Phi) is 41.8. The first-order valence-corrected chi connectivity index (χ1v) is 30.1. The number of nitrogens with one attached hydrogen (secondary N) is 2. The number of aliphatic hydroxyl groups is 5. The van der Waals surface area contributed by atoms with Crippen LogP contribution in [0.5, 0.6) is 11.5 Å². The van der Waals surface area contributed by atoms with E-state index in [1.165, 1.54) is 200 Å². The van der Waals surface area contributed by atoms with Crippen LogP contribution in [0.1, 0.15) is 251 Å². The smallest absolute Gasteiger partial charge is 0.261 e. The summed E-state index contributed by atoms with van der Waals surface area (Å²) in [4.78, 5) is 0. The van der Waals surface area contributed by atoms with Gasteiger partial charge in [-0.1, -0.05) is 239 Å². The van der Waals surface area contributed by atoms with Crippen LogP contribution in [-0.4, -0.2) is 114 Å². The van der Waals surface area contributed by atoms with Gasteiger partial charge in [0.2, 0.25) is 0 Å². The van der Waals surface area contributed by atoms with Gasteiger partial charge < -0.3 is 59.9 Å². The van der Waals surface area contributed by atoms with Crippen LogP contribution in [0.2, 0.25) is 0 Å². The normalized spacial score (nSPS) is 19.3. The van der Waals surface area contributed by atoms with Gasteiger partial charge in [0.1, 0.15) is 42.5 Å². The highest BCUT2D eigenvalue weighted by molar-refractivity contribution is 7.80. The fourth-order valence-electron chi connectivity index (χ4n) is 9.88. The summed E-state index contributed by atoms with van der Waals surface area (Å²) in [5, 5.41) is 61.6. The average molecular weight is 1040 g/mol. The van der Waals surface area contributed by atoms with Crippen molar-refractivity contribution in [1.82, 2.24) is 5.32 Å². The molecular weight excluding hydrogens is 929 g/mol. The van der Waals surface area contributed by atoms with Crippen molar-refractivity contribution in [2.24, 2.45) is 0 Å². The van der Waals surface area contributed by atoms with Crippen molar-refractivity contribution >= 4 is 23.1 Å². The first kappa shape index (κ1) is 66.3. The Morgan fingerprint density at radius 2 is 1.00 bits per heavy atom. The largest absolute Gasteiger partial charge is 0.497 e. The van der Waals surface area contributed by atoms with Crippen molar-refractivity contribution in [2.75, 3.05) is 39.3 Å². The predicted octanol–water partition coefficient (Wildman–Crippen LogP) is 13.4. The molecule has 1 aromatic carbocycles. The van der Waals surface area contributed by atoms with E-state index in [2.05, 4.69) is 24.5 Å². The van der Waals surface area contributed by atoms with E-state index in [1.807, 2.05) is 0 Å². The maximum atomic E-state index is 11.5. The third-order valence-electron chi connectivity index (χ3n) is 14.7. The fraction of sp³-hybridized carbons (Fsp3) is 0.881. The Bertz CT molecular complexity index is 1400. The molecule has 7 N–H and O–H groups in total. The van der Waals surface area contributed by atoms with Crippen LogP contribution in [0.25, 0.3) is 0 Å². The first-order valence-electron chi connectivity index (χ1n) is 29.7. The van der Waals surface area contributed by atoms with Gasteiger partial charge in [-0.2, -0.15) is 0 Å². The minimum Gasteiger partial charge on any atom is -0.497 e. The molecule has 1 aliphatic rings. The lowest BCUT2D eigenvalue weighted by Gasteiger charge is -2.40. The number of methoxy groups -OCH3 is 2. The number of hydrogen-bond acceptors (Lipinski definition) is 12. The number of thiocarbonyl (C=S) groups is 1. The Morgan fingerprint density at radius 1 is 0.569 bits per heavy atom. The molecule has 0 bridgehead atoms. The van der Waals surface area contributed by atoms with Gasteiger partial charge in [-0.05, 0) is 43.7 Å². The van der Waals surface area contributed by atoms with Gasteiger partial charge in [0.25, 0.3) is 5.17 Å². The summed E-state index contributed by atoms with van der Waals surface area (Å²) in [6.07, 6.45) is 38.1. The van der Waals surface area contributed by atoms with Gasteiger partial charge >= 0.3 is 0 Å². The number of anilines is 1. The monoisotopic (exact) mass is 1040 g/mol. The summed E-state index contributed by atoms with van der Waals surface area (Å²) in [7, 11) is 3.08. The van der Waals surface area contributed by atoms with E-state index in [1.54, 1.807) is 25.3 Å². The second-order valence-electron chi connectivity index (χ2n) is 21.1. The van der Waals surface area contributed by atoms with Crippen molar-refractivity contribution in [3.63, 3.8) is 0 Å². The number of ether oxygens (including phenoxy) is 5. The molecule has 0 unspecified atom stereocenters. The summed E-state index contributed by atoms with van der Waals surface area (Å²) < 4.78 is 28.4. The van der Waals surface area contributed by atoms with Crippen molar-refractivity contribution in [1.29, 1.82) is 0 Å². The van der Waals surface area contributed by atoms with E-state index in [0.717, 1.165) is 38.5 Å². The zero-order chi connectivity index (χ0) is 52.3. The van der Waals surface area contributed by atoms with E-state index >= 15 is 0 Å². The maximum absolute atomic E-state index is 11.5. The van der Waals surface area contributed by atoms with Crippen molar-refractivity contribution in [2.45, 2.75) is 300 Å². The zero-order valence-electron chi connectivity index (χ0n) is 46.3. The average Bonchev–Trinajstić information content (AvgIpc) is 3.39. The zero-order valence-corrected chi connectivity index (χ0v) is 47.1. The predicted molar refractivity (Wildman–Crippen MR) is 300 cm³/mol. The molecule has 422 valence electrons. The third kappa shape index (κ3) is 31.9. The van der Waals surface area contributed by atoms with E-state index in [0.29, 0.717) is 30.2 Å². The molecule has 0 aliphatic carbocycles. The molecule has 1 fully saturated rings. The lowest BCUT2D eigenvalue weighted by atomic mass is 9.98. The first-order chi connectivity index (χ1) is 35.2. The van der Waals surface area contributed by atoms with Crippen LogP contribution in [0.3, 0.4) is 0 Å². The van der Waals surface area contributed by atoms with Crippen molar-refractivity contribution < 1.29 is 49.2 Å². The number of rotatable bonds is 49. The maximum Gasteiger partial charge on any atom is 0.261 e. The summed E-state index contributed by atoms with van der Waals surface area (Å²) in [5.74, 6) is 1.08. The molecule has 1 aromatic rings. The summed E-state index contributed by atoms with van der Waals surface area (Å²) in [5.41, 5.74) is 0.536. The number of benzene rings is 1. The van der Waals surface area contributed by atoms with Gasteiger partial charge in [0.05, 0.1) is 44.8 Å². The number of unbranched alkanes of at least 4 members (excludes halogenated alkanes) is 34. The second kappa shape index (κ2) is 45.4.